The Morgan fingerprint density at radius 3 is 2.78 bits per heavy atom. The van der Waals surface area contributed by atoms with Gasteiger partial charge in [0.2, 0.25) is 0 Å². The first-order valence-corrected chi connectivity index (χ1v) is 6.29. The molecule has 0 N–H and O–H groups in total. The number of hydrogen-bond acceptors (Lipinski definition) is 2. The van der Waals surface area contributed by atoms with Gasteiger partial charge in [-0.3, -0.25) is 9.36 Å². The summed E-state index contributed by atoms with van der Waals surface area (Å²) in [6.45, 7) is 4.53. The molecule has 1 aromatic carbocycles. The molecule has 0 aliphatic rings. The molecular weight excluding hydrogens is 248 g/mol. The molecule has 4 heteroatoms. The minimum Gasteiger partial charge on any atom is -0.292 e. The van der Waals surface area contributed by atoms with Gasteiger partial charge in [-0.15, -0.1) is 0 Å². The van der Waals surface area contributed by atoms with Crippen LogP contribution >= 0.6 is 11.6 Å². The van der Waals surface area contributed by atoms with Crippen LogP contribution in [0, 0.1) is 6.92 Å². The van der Waals surface area contributed by atoms with Crippen molar-refractivity contribution < 1.29 is 0 Å². The first kappa shape index (κ1) is 12.8. The predicted octanol–water partition coefficient (Wildman–Crippen LogP) is 2.82. The highest BCUT2D eigenvalue weighted by atomic mass is 35.5. The summed E-state index contributed by atoms with van der Waals surface area (Å²) in [5.74, 6) is 0.717. The van der Waals surface area contributed by atoms with Crippen molar-refractivity contribution in [1.82, 2.24) is 9.55 Å². The Morgan fingerprint density at radius 2 is 2.11 bits per heavy atom. The van der Waals surface area contributed by atoms with E-state index in [0.29, 0.717) is 18.8 Å². The molecule has 3 nitrogen and oxygen atoms in total. The minimum absolute atomic E-state index is 0.103. The van der Waals surface area contributed by atoms with Crippen LogP contribution in [-0.4, -0.2) is 9.55 Å². The van der Waals surface area contributed by atoms with Crippen molar-refractivity contribution in [2.45, 2.75) is 26.8 Å². The molecule has 0 unspecified atom stereocenters. The summed E-state index contributed by atoms with van der Waals surface area (Å²) < 4.78 is 1.67. The molecule has 0 saturated heterocycles. The highest BCUT2D eigenvalue weighted by Crippen LogP contribution is 2.08. The van der Waals surface area contributed by atoms with Gasteiger partial charge in [-0.25, -0.2) is 4.98 Å². The second kappa shape index (κ2) is 5.36. The molecule has 0 aliphatic carbocycles. The summed E-state index contributed by atoms with van der Waals surface area (Å²) in [5, 5.41) is 0.261. The van der Waals surface area contributed by atoms with Crippen molar-refractivity contribution in [3.63, 3.8) is 0 Å². The van der Waals surface area contributed by atoms with Gasteiger partial charge in [0.1, 0.15) is 11.0 Å². The Kier molecular flexibility index (Phi) is 3.82. The van der Waals surface area contributed by atoms with Gasteiger partial charge in [0.15, 0.2) is 0 Å². The average molecular weight is 263 g/mol. The van der Waals surface area contributed by atoms with E-state index in [2.05, 4.69) is 11.1 Å². The Labute approximate surface area is 111 Å². The fourth-order valence-corrected chi connectivity index (χ4v) is 2.15. The molecule has 1 aromatic heterocycles. The third-order valence-corrected chi connectivity index (χ3v) is 2.99. The van der Waals surface area contributed by atoms with Crippen LogP contribution in [0.1, 0.15) is 23.9 Å². The third-order valence-electron chi connectivity index (χ3n) is 2.80. The number of aromatic nitrogens is 2. The van der Waals surface area contributed by atoms with Crippen LogP contribution in [0.2, 0.25) is 5.15 Å². The summed E-state index contributed by atoms with van der Waals surface area (Å²) in [6.07, 6.45) is 0.682. The summed E-state index contributed by atoms with van der Waals surface area (Å²) in [7, 11) is 0. The molecule has 0 aliphatic heterocycles. The zero-order valence-corrected chi connectivity index (χ0v) is 11.2. The van der Waals surface area contributed by atoms with E-state index < -0.39 is 0 Å². The van der Waals surface area contributed by atoms with Crippen molar-refractivity contribution in [2.75, 3.05) is 0 Å². The number of benzene rings is 1. The highest BCUT2D eigenvalue weighted by Gasteiger charge is 2.06. The average Bonchev–Trinajstić information content (AvgIpc) is 2.32. The SMILES string of the molecule is CCc1nc(Cl)cc(=O)n1Cc1cccc(C)c1. The van der Waals surface area contributed by atoms with Gasteiger partial charge in [0, 0.05) is 12.5 Å². The van der Waals surface area contributed by atoms with Crippen molar-refractivity contribution in [3.8, 4) is 0 Å². The molecule has 2 rings (SSSR count). The molecule has 2 aromatic rings. The lowest BCUT2D eigenvalue weighted by Gasteiger charge is -2.11. The van der Waals surface area contributed by atoms with Crippen LogP contribution in [0.4, 0.5) is 0 Å². The van der Waals surface area contributed by atoms with Gasteiger partial charge in [0.05, 0.1) is 6.54 Å². The van der Waals surface area contributed by atoms with Crippen LogP contribution < -0.4 is 5.56 Å². The van der Waals surface area contributed by atoms with Gasteiger partial charge in [-0.05, 0) is 12.5 Å². The van der Waals surface area contributed by atoms with Gasteiger partial charge in [0.25, 0.3) is 5.56 Å². The van der Waals surface area contributed by atoms with Crippen molar-refractivity contribution in [2.24, 2.45) is 0 Å². The highest BCUT2D eigenvalue weighted by molar-refractivity contribution is 6.29. The van der Waals surface area contributed by atoms with E-state index in [0.717, 1.165) is 5.56 Å². The van der Waals surface area contributed by atoms with Gasteiger partial charge >= 0.3 is 0 Å². The zero-order valence-electron chi connectivity index (χ0n) is 10.5. The lowest BCUT2D eigenvalue weighted by atomic mass is 10.1. The first-order valence-electron chi connectivity index (χ1n) is 5.92. The van der Waals surface area contributed by atoms with E-state index in [1.165, 1.54) is 11.6 Å². The quantitative estimate of drug-likeness (QED) is 0.798. The predicted molar refractivity (Wildman–Crippen MR) is 73.2 cm³/mol. The lowest BCUT2D eigenvalue weighted by molar-refractivity contribution is 0.674. The fraction of sp³-hybridized carbons (Fsp3) is 0.286. The Balaban J connectivity index is 2.43. The van der Waals surface area contributed by atoms with E-state index >= 15 is 0 Å². The van der Waals surface area contributed by atoms with E-state index in [9.17, 15) is 4.79 Å². The maximum Gasteiger partial charge on any atom is 0.255 e. The second-order valence-electron chi connectivity index (χ2n) is 4.26. The Bertz CT molecular complexity index is 619. The molecule has 18 heavy (non-hydrogen) atoms. The maximum atomic E-state index is 11.9. The van der Waals surface area contributed by atoms with E-state index in [1.54, 1.807) is 4.57 Å². The summed E-state index contributed by atoms with van der Waals surface area (Å²) >= 11 is 5.80. The molecule has 0 radical (unpaired) electrons. The standard InChI is InChI=1S/C14H15ClN2O/c1-3-13-16-12(15)8-14(18)17(13)9-11-6-4-5-10(2)7-11/h4-8H,3,9H2,1-2H3. The van der Waals surface area contributed by atoms with Crippen LogP contribution in [0.25, 0.3) is 0 Å². The molecule has 0 bridgehead atoms. The smallest absolute Gasteiger partial charge is 0.255 e. The summed E-state index contributed by atoms with van der Waals surface area (Å²) in [5.41, 5.74) is 2.17. The molecule has 1 heterocycles. The molecule has 0 fully saturated rings. The number of nitrogens with zero attached hydrogens (tertiary/aromatic N) is 2. The number of hydrogen-bond donors (Lipinski definition) is 0. The monoisotopic (exact) mass is 262 g/mol. The number of aryl methyl sites for hydroxylation is 2. The van der Waals surface area contributed by atoms with Gasteiger partial charge in [-0.1, -0.05) is 48.4 Å². The van der Waals surface area contributed by atoms with Gasteiger partial charge in [-0.2, -0.15) is 0 Å². The molecule has 94 valence electrons. The molecule has 0 saturated carbocycles. The summed E-state index contributed by atoms with van der Waals surface area (Å²) in [6, 6.07) is 9.46. The Hall–Kier alpha value is -1.61. The summed E-state index contributed by atoms with van der Waals surface area (Å²) in [4.78, 5) is 16.1. The molecular formula is C14H15ClN2O. The van der Waals surface area contributed by atoms with Crippen LogP contribution in [0.3, 0.4) is 0 Å². The number of halogens is 1. The largest absolute Gasteiger partial charge is 0.292 e. The second-order valence-corrected chi connectivity index (χ2v) is 4.65. The van der Waals surface area contributed by atoms with E-state index in [-0.39, 0.29) is 10.7 Å². The third kappa shape index (κ3) is 2.79. The lowest BCUT2D eigenvalue weighted by Crippen LogP contribution is -2.24. The van der Waals surface area contributed by atoms with E-state index in [1.807, 2.05) is 32.0 Å². The Morgan fingerprint density at radius 1 is 1.33 bits per heavy atom. The first-order chi connectivity index (χ1) is 8.60. The van der Waals surface area contributed by atoms with E-state index in [4.69, 9.17) is 11.6 Å². The minimum atomic E-state index is -0.103. The van der Waals surface area contributed by atoms with Crippen molar-refractivity contribution in [1.29, 1.82) is 0 Å². The van der Waals surface area contributed by atoms with Crippen LogP contribution in [0.5, 0.6) is 0 Å². The molecule has 0 atom stereocenters. The molecule has 0 spiro atoms. The number of rotatable bonds is 3. The fourth-order valence-electron chi connectivity index (χ4n) is 1.96. The molecule has 0 amide bonds. The zero-order chi connectivity index (χ0) is 13.1. The topological polar surface area (TPSA) is 34.9 Å². The van der Waals surface area contributed by atoms with Crippen molar-refractivity contribution in [3.05, 3.63) is 62.8 Å². The van der Waals surface area contributed by atoms with Crippen molar-refractivity contribution >= 4 is 11.6 Å². The van der Waals surface area contributed by atoms with Crippen LogP contribution in [-0.2, 0) is 13.0 Å². The van der Waals surface area contributed by atoms with Crippen LogP contribution in [0.15, 0.2) is 35.1 Å². The van der Waals surface area contributed by atoms with Gasteiger partial charge < -0.3 is 0 Å². The maximum absolute atomic E-state index is 11.9. The normalized spacial score (nSPS) is 10.6.